The summed E-state index contributed by atoms with van der Waals surface area (Å²) in [4.78, 5) is 69.6. The molecule has 10 nitrogen and oxygen atoms in total. The largest absolute Gasteiger partial charge is 0.465 e. The Morgan fingerprint density at radius 3 is 1.84 bits per heavy atom. The van der Waals surface area contributed by atoms with Crippen molar-refractivity contribution in [3.8, 4) is 0 Å². The lowest BCUT2D eigenvalue weighted by Gasteiger charge is -2.27. The lowest BCUT2D eigenvalue weighted by molar-refractivity contribution is -0.152. The molecule has 0 saturated heterocycles. The molecule has 1 fully saturated rings. The topological polar surface area (TPSA) is 161 Å². The first-order valence-electron chi connectivity index (χ1n) is 12.9. The van der Waals surface area contributed by atoms with E-state index in [0.29, 0.717) is 42.7 Å². The van der Waals surface area contributed by atoms with Gasteiger partial charge in [-0.15, -0.1) is 0 Å². The van der Waals surface area contributed by atoms with Crippen LogP contribution in [0.5, 0.6) is 0 Å². The van der Waals surface area contributed by atoms with Gasteiger partial charge in [0, 0.05) is 43.8 Å². The van der Waals surface area contributed by atoms with Gasteiger partial charge < -0.3 is 29.3 Å². The molecule has 38 heavy (non-hydrogen) atoms. The average Bonchev–Trinajstić information content (AvgIpc) is 3.20. The lowest BCUT2D eigenvalue weighted by atomic mass is 9.82. The summed E-state index contributed by atoms with van der Waals surface area (Å²) >= 11 is 0. The summed E-state index contributed by atoms with van der Waals surface area (Å²) in [6.07, 6.45) is 5.02. The number of hydrogen-bond donors (Lipinski definition) is 2. The Morgan fingerprint density at radius 1 is 0.895 bits per heavy atom. The van der Waals surface area contributed by atoms with Crippen LogP contribution in [0.2, 0.25) is 0 Å². The van der Waals surface area contributed by atoms with Crippen molar-refractivity contribution in [1.82, 2.24) is 0 Å². The fourth-order valence-electron chi connectivity index (χ4n) is 5.22. The van der Waals surface area contributed by atoms with Crippen LogP contribution in [0.15, 0.2) is 23.3 Å². The first-order chi connectivity index (χ1) is 18.2. The Kier molecular flexibility index (Phi) is 15.2. The summed E-state index contributed by atoms with van der Waals surface area (Å²) in [6, 6.07) is 0. The highest BCUT2D eigenvalue weighted by Crippen LogP contribution is 2.43. The van der Waals surface area contributed by atoms with Crippen LogP contribution in [0.3, 0.4) is 0 Å². The number of allylic oxidation sites excluding steroid dienone is 4. The monoisotopic (exact) mass is 536 g/mol. The molecule has 0 spiro atoms. The number of carbonyl (C=O) groups excluding carboxylic acids is 6. The van der Waals surface area contributed by atoms with Crippen LogP contribution >= 0.6 is 0 Å². The van der Waals surface area contributed by atoms with E-state index in [2.05, 4.69) is 0 Å². The number of aliphatic hydroxyl groups is 2. The molecule has 0 unspecified atom stereocenters. The average molecular weight is 537 g/mol. The molecule has 0 amide bonds. The molecule has 1 aliphatic rings. The predicted molar refractivity (Wildman–Crippen MR) is 136 cm³/mol. The molecule has 7 atom stereocenters. The lowest BCUT2D eigenvalue weighted by Crippen LogP contribution is -2.31. The SMILES string of the molecule is C/C=C(/C=O)[C@@H](CC=O)CC(=O)OC[C@H](CO)[C@@H]1C[C@@H](OC(=O)C[C@H](CC=O)/C(C=O)=C\C)[C@H](C)[C@H]1CO. The third kappa shape index (κ3) is 9.40. The van der Waals surface area contributed by atoms with Gasteiger partial charge in [0.25, 0.3) is 0 Å². The van der Waals surface area contributed by atoms with Crippen molar-refractivity contribution >= 4 is 37.1 Å². The summed E-state index contributed by atoms with van der Waals surface area (Å²) in [5, 5.41) is 20.1. The molecule has 0 aromatic rings. The van der Waals surface area contributed by atoms with E-state index in [1.807, 2.05) is 6.92 Å². The highest BCUT2D eigenvalue weighted by molar-refractivity contribution is 5.79. The van der Waals surface area contributed by atoms with Gasteiger partial charge >= 0.3 is 11.9 Å². The summed E-state index contributed by atoms with van der Waals surface area (Å²) in [6.45, 7) is 4.41. The van der Waals surface area contributed by atoms with Crippen molar-refractivity contribution in [2.24, 2.45) is 35.5 Å². The maximum absolute atomic E-state index is 12.7. The minimum absolute atomic E-state index is 0.00364. The third-order valence-electron chi connectivity index (χ3n) is 7.58. The summed E-state index contributed by atoms with van der Waals surface area (Å²) < 4.78 is 11.1. The second kappa shape index (κ2) is 17.5. The van der Waals surface area contributed by atoms with Crippen LogP contribution in [0.1, 0.15) is 52.9 Å². The molecule has 0 aliphatic heterocycles. The molecule has 212 valence electrons. The van der Waals surface area contributed by atoms with E-state index < -0.39 is 35.8 Å². The van der Waals surface area contributed by atoms with Crippen molar-refractivity contribution < 1.29 is 48.5 Å². The van der Waals surface area contributed by atoms with E-state index in [1.54, 1.807) is 19.9 Å². The quantitative estimate of drug-likeness (QED) is 0.150. The number of aliphatic hydroxyl groups excluding tert-OH is 2. The van der Waals surface area contributed by atoms with Crippen LogP contribution in [0.4, 0.5) is 0 Å². The Bertz CT molecular complexity index is 877. The first-order valence-corrected chi connectivity index (χ1v) is 12.9. The van der Waals surface area contributed by atoms with Crippen molar-refractivity contribution in [2.75, 3.05) is 19.8 Å². The number of esters is 2. The van der Waals surface area contributed by atoms with E-state index in [1.165, 1.54) is 6.08 Å². The molecule has 1 rings (SSSR count). The number of hydrogen-bond acceptors (Lipinski definition) is 10. The highest BCUT2D eigenvalue weighted by Gasteiger charge is 2.45. The number of rotatable bonds is 18. The maximum atomic E-state index is 12.7. The van der Waals surface area contributed by atoms with Gasteiger partial charge in [0.15, 0.2) is 0 Å². The van der Waals surface area contributed by atoms with Gasteiger partial charge in [-0.2, -0.15) is 0 Å². The minimum Gasteiger partial charge on any atom is -0.465 e. The zero-order chi connectivity index (χ0) is 28.7. The van der Waals surface area contributed by atoms with Gasteiger partial charge in [-0.25, -0.2) is 0 Å². The third-order valence-corrected chi connectivity index (χ3v) is 7.58. The molecule has 0 aromatic heterocycles. The number of aldehydes is 4. The van der Waals surface area contributed by atoms with Gasteiger partial charge in [0.05, 0.1) is 19.4 Å². The van der Waals surface area contributed by atoms with Crippen molar-refractivity contribution in [3.05, 3.63) is 23.3 Å². The molecule has 1 saturated carbocycles. The Balaban J connectivity index is 2.86. The zero-order valence-electron chi connectivity index (χ0n) is 22.3. The van der Waals surface area contributed by atoms with Crippen LogP contribution in [0, 0.1) is 35.5 Å². The van der Waals surface area contributed by atoms with Crippen molar-refractivity contribution in [2.45, 2.75) is 59.0 Å². The van der Waals surface area contributed by atoms with Crippen LogP contribution < -0.4 is 0 Å². The van der Waals surface area contributed by atoms with E-state index in [9.17, 15) is 39.0 Å². The molecule has 10 heteroatoms. The second-order valence-corrected chi connectivity index (χ2v) is 9.68. The van der Waals surface area contributed by atoms with Crippen LogP contribution in [-0.2, 0) is 38.2 Å². The smallest absolute Gasteiger partial charge is 0.306 e. The first kappa shape index (κ1) is 33.0. The fraction of sp³-hybridized carbons (Fsp3) is 0.643. The molecule has 1 aliphatic carbocycles. The molecular weight excluding hydrogens is 496 g/mol. The van der Waals surface area contributed by atoms with Gasteiger partial charge in [0.1, 0.15) is 31.2 Å². The van der Waals surface area contributed by atoms with E-state index >= 15 is 0 Å². The van der Waals surface area contributed by atoms with Crippen LogP contribution in [0.25, 0.3) is 0 Å². The van der Waals surface area contributed by atoms with E-state index in [-0.39, 0.29) is 63.3 Å². The molecular formula is C28H40O10. The van der Waals surface area contributed by atoms with E-state index in [4.69, 9.17) is 9.47 Å². The summed E-state index contributed by atoms with van der Waals surface area (Å²) in [7, 11) is 0. The highest BCUT2D eigenvalue weighted by atomic mass is 16.5. The maximum Gasteiger partial charge on any atom is 0.306 e. The van der Waals surface area contributed by atoms with Crippen molar-refractivity contribution in [1.29, 1.82) is 0 Å². The van der Waals surface area contributed by atoms with Gasteiger partial charge in [-0.05, 0) is 49.2 Å². The normalized spacial score (nSPS) is 24.1. The molecule has 2 N–H and O–H groups in total. The Morgan fingerprint density at radius 2 is 1.42 bits per heavy atom. The fourth-order valence-corrected chi connectivity index (χ4v) is 5.22. The molecule has 0 bridgehead atoms. The standard InChI is InChI=1S/C28H40O10/c1-4-19(13-31)21(6-8-29)10-27(35)37-17-23(15-33)24-12-26(18(3)25(24)16-34)38-28(36)11-22(7-9-30)20(5-2)14-32/h4-5,8-9,13-14,18,21-26,33-34H,6-7,10-12,15-17H2,1-3H3/b19-4-,20-5-/t18-,21+,22+,23+,24+,25-,26-/m1/s1. The number of ether oxygens (including phenoxy) is 2. The minimum atomic E-state index is -0.623. The van der Waals surface area contributed by atoms with E-state index in [0.717, 1.165) is 0 Å². The predicted octanol–water partition coefficient (Wildman–Crippen LogP) is 1.80. The summed E-state index contributed by atoms with van der Waals surface area (Å²) in [5.74, 6) is -3.81. The van der Waals surface area contributed by atoms with Gasteiger partial charge in [-0.1, -0.05) is 19.1 Å². The number of carbonyl (C=O) groups is 6. The van der Waals surface area contributed by atoms with Gasteiger partial charge in [-0.3, -0.25) is 19.2 Å². The van der Waals surface area contributed by atoms with Crippen molar-refractivity contribution in [3.63, 3.8) is 0 Å². The summed E-state index contributed by atoms with van der Waals surface area (Å²) in [5.41, 5.74) is 0.666. The molecule has 0 heterocycles. The Labute approximate surface area is 223 Å². The zero-order valence-corrected chi connectivity index (χ0v) is 22.3. The van der Waals surface area contributed by atoms with Gasteiger partial charge in [0.2, 0.25) is 0 Å². The molecule has 0 aromatic carbocycles. The molecule has 0 radical (unpaired) electrons. The van der Waals surface area contributed by atoms with Crippen LogP contribution in [-0.4, -0.2) is 73.2 Å². The Hall–Kier alpha value is -2.98. The second-order valence-electron chi connectivity index (χ2n) is 9.68.